The maximum Gasteiger partial charge on any atom is 0.252 e. The van der Waals surface area contributed by atoms with Crippen molar-refractivity contribution in [1.82, 2.24) is 8.97 Å². The summed E-state index contributed by atoms with van der Waals surface area (Å²) in [6.07, 6.45) is 0. The second-order valence-corrected chi connectivity index (χ2v) is 30.0. The quantitative estimate of drug-likeness (QED) is 0.121. The smallest absolute Gasteiger partial charge is 0.252 e. The van der Waals surface area contributed by atoms with E-state index in [-0.39, 0.29) is 33.9 Å². The molecule has 0 N–H and O–H groups in total. The molecule has 0 unspecified atom stereocenters. The Balaban J connectivity index is 0.898. The van der Waals surface area contributed by atoms with E-state index in [1.54, 1.807) is 4.57 Å². The highest BCUT2D eigenvalue weighted by Gasteiger charge is 2.46. The van der Waals surface area contributed by atoms with Crippen molar-refractivity contribution in [2.45, 2.75) is 0 Å². The molecule has 0 atom stereocenters. The number of nitrogens with zero attached hydrogens (tertiary/aromatic N) is 4. The number of benzene rings is 18. The predicted octanol–water partition coefficient (Wildman–Crippen LogP) is 27.3. The van der Waals surface area contributed by atoms with Crippen molar-refractivity contribution in [3.63, 3.8) is 0 Å². The highest BCUT2D eigenvalue weighted by Crippen LogP contribution is 2.56. The van der Waals surface area contributed by atoms with E-state index in [9.17, 15) is 11.0 Å². The van der Waals surface area contributed by atoms with Gasteiger partial charge in [0.05, 0.1) is 49.9 Å². The Morgan fingerprint density at radius 3 is 1.20 bits per heavy atom. The first-order valence-corrected chi connectivity index (χ1v) is 38.7. The largest absolute Gasteiger partial charge is 0.456 e. The van der Waals surface area contributed by atoms with E-state index < -0.39 is 43.0 Å². The van der Waals surface area contributed by atoms with Crippen molar-refractivity contribution in [2.24, 2.45) is 0 Å². The monoisotopic (exact) mass is 1450 g/mol. The van der Waals surface area contributed by atoms with Gasteiger partial charge in [0.2, 0.25) is 0 Å². The van der Waals surface area contributed by atoms with Crippen LogP contribution in [0.25, 0.3) is 177 Å². The number of hydrogen-bond acceptors (Lipinski definition) is 3. The fourth-order valence-corrected chi connectivity index (χ4v) is 18.8. The van der Waals surface area contributed by atoms with Gasteiger partial charge in [-0.1, -0.05) is 303 Å². The highest BCUT2D eigenvalue weighted by molar-refractivity contribution is 7.00. The van der Waals surface area contributed by atoms with E-state index in [1.807, 2.05) is 24.3 Å². The third-order valence-corrected chi connectivity index (χ3v) is 23.8. The van der Waals surface area contributed by atoms with Crippen LogP contribution < -0.4 is 26.2 Å². The van der Waals surface area contributed by atoms with Gasteiger partial charge >= 0.3 is 0 Å². The molecular weight excluding hydrogens is 1380 g/mol. The number of furan rings is 1. The molecule has 22 aromatic rings. The molecule has 0 aliphatic carbocycles. The molecule has 0 radical (unpaired) electrons. The lowest BCUT2D eigenvalue weighted by molar-refractivity contribution is 0.669. The molecule has 0 amide bonds. The lowest BCUT2D eigenvalue weighted by Gasteiger charge is -2.46. The van der Waals surface area contributed by atoms with Crippen LogP contribution >= 0.6 is 0 Å². The SMILES string of the molecule is [2H]c1c([2H])c([2H])c2c(c1[2H])c1c([2H])c([2H])c([2H])c([2H])c1n2-c1ccc2c(c1)N(c1c(-c3ccccc3)cc(-c3ccccc3)cc1-c1ccccc1)c1cc(-c3ccc4c(c3)c3cccc5c6ccccc6n4c53)cc3c1B2c1ccc(-c2ccc4oc5ccccc5c4c2)cc1N3c1c(-c2ccccc2)cc(-c2ccccc2)cc1-c1ccccc1. The lowest BCUT2D eigenvalue weighted by atomic mass is 9.33. The number of para-hydroxylation sites is 5. The van der Waals surface area contributed by atoms with Gasteiger partial charge in [-0.25, -0.2) is 0 Å². The van der Waals surface area contributed by atoms with Gasteiger partial charge < -0.3 is 23.2 Å². The van der Waals surface area contributed by atoms with Gasteiger partial charge in [0, 0.05) is 93.8 Å². The molecule has 0 fully saturated rings. The van der Waals surface area contributed by atoms with E-state index in [0.29, 0.717) is 5.69 Å². The molecule has 0 saturated carbocycles. The topological polar surface area (TPSA) is 29.0 Å². The first-order chi connectivity index (χ1) is 59.9. The minimum absolute atomic E-state index is 0.00769. The summed E-state index contributed by atoms with van der Waals surface area (Å²) < 4.78 is 87.3. The zero-order valence-electron chi connectivity index (χ0n) is 69.3. The molecule has 4 aromatic heterocycles. The fraction of sp³-hybridized carbons (Fsp3) is 0. The predicted molar refractivity (Wildman–Crippen MR) is 480 cm³/mol. The van der Waals surface area contributed by atoms with Gasteiger partial charge in [-0.05, 0) is 186 Å². The fourth-order valence-electron chi connectivity index (χ4n) is 18.8. The first-order valence-electron chi connectivity index (χ1n) is 42.7. The second-order valence-electron chi connectivity index (χ2n) is 30.0. The van der Waals surface area contributed by atoms with Gasteiger partial charge in [-0.2, -0.15) is 0 Å². The number of anilines is 6. The third-order valence-electron chi connectivity index (χ3n) is 23.8. The van der Waals surface area contributed by atoms with Crippen molar-refractivity contribution in [1.29, 1.82) is 0 Å². The minimum Gasteiger partial charge on any atom is -0.456 e. The van der Waals surface area contributed by atoms with Gasteiger partial charge in [0.15, 0.2) is 0 Å². The Morgan fingerprint density at radius 2 is 0.640 bits per heavy atom. The molecule has 0 bridgehead atoms. The maximum atomic E-state index is 10.00. The molecule has 6 heterocycles. The number of hydrogen-bond donors (Lipinski definition) is 0. The lowest BCUT2D eigenvalue weighted by Crippen LogP contribution is -2.61. The average Bonchev–Trinajstić information content (AvgIpc) is 1.46. The van der Waals surface area contributed by atoms with Crippen LogP contribution in [-0.4, -0.2) is 15.7 Å². The molecule has 0 spiro atoms. The summed E-state index contributed by atoms with van der Waals surface area (Å²) in [5.74, 6) is 0. The van der Waals surface area contributed by atoms with Crippen LogP contribution in [0.3, 0.4) is 0 Å². The standard InChI is InChI=1S/C108H67BN4O/c1-7-28-68(29-8-1)77-60-87(70-32-11-3-12-33-70)107(88(61-77)71-34-13-4-14-35-71)112-99-64-76(74-52-57-104-92(59-74)84-43-22-26-49-103(84)114-104)50-54-93(99)109-94-55-53-80(110-95-46-23-19-40-81(95)82-41-20-24-47-96(82)110)67-100(94)113(108-89(72-36-15-5-16-37-72)62-78(69-30-9-2-10-31-69)63-90(108)73-38-17-6-18-39-73)102-66-79(65-101(112)105(102)109)75-51-56-98-91(58-75)86-45-27-44-85-83-42-21-25-48-97(83)111(98)106(85)86/h1-67H/i19D,20D,23D,24D,40D,41D,46D,47D. The van der Waals surface area contributed by atoms with Crippen molar-refractivity contribution in [3.8, 4) is 94.7 Å². The summed E-state index contributed by atoms with van der Waals surface area (Å²) in [6, 6.07) is 125. The van der Waals surface area contributed by atoms with Gasteiger partial charge in [0.25, 0.3) is 6.71 Å². The summed E-state index contributed by atoms with van der Waals surface area (Å²) in [5, 5.41) is 6.63. The molecule has 528 valence electrons. The molecule has 114 heavy (non-hydrogen) atoms. The zero-order valence-corrected chi connectivity index (χ0v) is 61.3. The Bertz CT molecular complexity index is 7980. The molecule has 5 nitrogen and oxygen atoms in total. The molecule has 18 aromatic carbocycles. The third kappa shape index (κ3) is 9.74. The van der Waals surface area contributed by atoms with Crippen molar-refractivity contribution in [2.75, 3.05) is 9.80 Å². The van der Waals surface area contributed by atoms with Crippen molar-refractivity contribution in [3.05, 3.63) is 406 Å². The van der Waals surface area contributed by atoms with E-state index in [4.69, 9.17) is 4.42 Å². The summed E-state index contributed by atoms with van der Waals surface area (Å²) in [5.41, 5.74) is 29.3. The maximum absolute atomic E-state index is 10.00. The summed E-state index contributed by atoms with van der Waals surface area (Å²) >= 11 is 0. The summed E-state index contributed by atoms with van der Waals surface area (Å²) in [7, 11) is 0. The molecule has 0 saturated heterocycles. The Morgan fingerprint density at radius 1 is 0.246 bits per heavy atom. The van der Waals surface area contributed by atoms with Crippen LogP contribution in [0, 0.1) is 0 Å². The minimum atomic E-state index is -0.576. The van der Waals surface area contributed by atoms with Crippen LogP contribution in [0.4, 0.5) is 34.1 Å². The summed E-state index contributed by atoms with van der Waals surface area (Å²) in [6.45, 7) is -0.576. The highest BCUT2D eigenvalue weighted by atomic mass is 16.3. The number of fused-ring (bicyclic) bond motifs is 16. The molecule has 6 heteroatoms. The zero-order chi connectivity index (χ0) is 81.6. The number of aromatic nitrogens is 2. The van der Waals surface area contributed by atoms with Gasteiger partial charge in [-0.3, -0.25) is 0 Å². The van der Waals surface area contributed by atoms with E-state index in [1.165, 1.54) is 10.8 Å². The second kappa shape index (κ2) is 25.3. The number of rotatable bonds is 11. The Hall–Kier alpha value is -15.0. The molecule has 2 aliphatic heterocycles. The van der Waals surface area contributed by atoms with Crippen molar-refractivity contribution < 1.29 is 15.4 Å². The van der Waals surface area contributed by atoms with Crippen LogP contribution in [0.1, 0.15) is 11.0 Å². The average molecular weight is 1460 g/mol. The Labute approximate surface area is 670 Å². The van der Waals surface area contributed by atoms with Gasteiger partial charge in [0.1, 0.15) is 11.2 Å². The molecule has 2 aliphatic rings. The normalized spacial score (nSPS) is 13.5. The van der Waals surface area contributed by atoms with Crippen LogP contribution in [0.15, 0.2) is 411 Å². The van der Waals surface area contributed by atoms with Crippen LogP contribution in [0.2, 0.25) is 0 Å². The first kappa shape index (κ1) is 56.3. The van der Waals surface area contributed by atoms with E-state index in [2.05, 4.69) is 348 Å². The van der Waals surface area contributed by atoms with E-state index in [0.717, 1.165) is 189 Å². The molecule has 24 rings (SSSR count). The van der Waals surface area contributed by atoms with Crippen LogP contribution in [0.5, 0.6) is 0 Å². The van der Waals surface area contributed by atoms with Gasteiger partial charge in [-0.15, -0.1) is 0 Å². The summed E-state index contributed by atoms with van der Waals surface area (Å²) in [4.78, 5) is 5.04. The molecular formula is C108H67BN4O. The Kier molecular flexibility index (Phi) is 12.5. The van der Waals surface area contributed by atoms with Crippen molar-refractivity contribution >= 4 is 139 Å². The van der Waals surface area contributed by atoms with Crippen LogP contribution in [-0.2, 0) is 0 Å². The van der Waals surface area contributed by atoms with E-state index >= 15 is 0 Å².